The lowest BCUT2D eigenvalue weighted by Gasteiger charge is -2.04. The molecular weight excluding hydrogens is 267 g/mol. The highest BCUT2D eigenvalue weighted by molar-refractivity contribution is 6.00. The highest BCUT2D eigenvalue weighted by atomic mass is 19.1. The summed E-state index contributed by atoms with van der Waals surface area (Å²) in [6.45, 7) is 3.90. The first-order chi connectivity index (χ1) is 10.1. The average molecular weight is 284 g/mol. The summed E-state index contributed by atoms with van der Waals surface area (Å²) in [7, 11) is 0. The Kier molecular flexibility index (Phi) is 4.82. The number of hydrogen-bond acceptors (Lipinski definition) is 2. The fourth-order valence-corrected chi connectivity index (χ4v) is 1.88. The van der Waals surface area contributed by atoms with Gasteiger partial charge >= 0.3 is 0 Å². The van der Waals surface area contributed by atoms with Gasteiger partial charge in [-0.15, -0.1) is 0 Å². The van der Waals surface area contributed by atoms with Crippen LogP contribution in [0.25, 0.3) is 0 Å². The van der Waals surface area contributed by atoms with E-state index in [9.17, 15) is 9.18 Å². The second-order valence-electron chi connectivity index (χ2n) is 4.70. The van der Waals surface area contributed by atoms with Crippen LogP contribution in [0.2, 0.25) is 0 Å². The van der Waals surface area contributed by atoms with Crippen molar-refractivity contribution in [3.63, 3.8) is 0 Å². The number of benzene rings is 2. The third-order valence-corrected chi connectivity index (χ3v) is 3.19. The third-order valence-electron chi connectivity index (χ3n) is 3.19. The van der Waals surface area contributed by atoms with Gasteiger partial charge in [0.05, 0.1) is 5.71 Å². The number of carbonyl (C=O) groups excluding carboxylic acids is 1. The number of rotatable bonds is 4. The normalized spacial score (nSPS) is 11.3. The predicted molar refractivity (Wildman–Crippen MR) is 81.9 cm³/mol. The lowest BCUT2D eigenvalue weighted by Crippen LogP contribution is -2.19. The Bertz CT molecular complexity index is 663. The van der Waals surface area contributed by atoms with E-state index in [0.29, 0.717) is 5.71 Å². The van der Waals surface area contributed by atoms with Gasteiger partial charge in [0.25, 0.3) is 5.91 Å². The summed E-state index contributed by atoms with van der Waals surface area (Å²) < 4.78 is 13.0. The van der Waals surface area contributed by atoms with Crippen molar-refractivity contribution >= 4 is 11.6 Å². The maximum absolute atomic E-state index is 13.0. The highest BCUT2D eigenvalue weighted by Crippen LogP contribution is 2.07. The van der Waals surface area contributed by atoms with Gasteiger partial charge in [0, 0.05) is 5.56 Å². The summed E-state index contributed by atoms with van der Waals surface area (Å²) in [5.74, 6) is -0.877. The topological polar surface area (TPSA) is 41.5 Å². The van der Waals surface area contributed by atoms with Crippen molar-refractivity contribution in [1.82, 2.24) is 5.43 Å². The SMILES string of the molecule is CCc1ccc(C(C)=NNC(=O)c2cccc(F)c2)cc1. The second-order valence-corrected chi connectivity index (χ2v) is 4.70. The molecule has 0 fully saturated rings. The maximum atomic E-state index is 13.0. The Morgan fingerprint density at radius 3 is 2.48 bits per heavy atom. The summed E-state index contributed by atoms with van der Waals surface area (Å²) in [4.78, 5) is 11.8. The summed E-state index contributed by atoms with van der Waals surface area (Å²) in [5, 5.41) is 4.05. The maximum Gasteiger partial charge on any atom is 0.271 e. The molecular formula is C17H17FN2O. The Labute approximate surface area is 123 Å². The molecule has 0 saturated heterocycles. The molecule has 0 aliphatic heterocycles. The van der Waals surface area contributed by atoms with Crippen molar-refractivity contribution in [3.8, 4) is 0 Å². The number of hydrazone groups is 1. The first-order valence-corrected chi connectivity index (χ1v) is 6.79. The number of carbonyl (C=O) groups is 1. The molecule has 0 unspecified atom stereocenters. The molecule has 2 rings (SSSR count). The molecule has 0 atom stereocenters. The number of nitrogens with one attached hydrogen (secondary N) is 1. The van der Waals surface area contributed by atoms with E-state index in [4.69, 9.17) is 0 Å². The van der Waals surface area contributed by atoms with E-state index in [1.165, 1.54) is 23.8 Å². The Balaban J connectivity index is 2.07. The standard InChI is InChI=1S/C17H17FN2O/c1-3-13-7-9-14(10-8-13)12(2)19-20-17(21)15-5-4-6-16(18)11-15/h4-11H,3H2,1-2H3,(H,20,21). The molecule has 0 radical (unpaired) electrons. The molecule has 4 heteroatoms. The minimum absolute atomic E-state index is 0.243. The molecule has 1 N–H and O–H groups in total. The summed E-state index contributed by atoms with van der Waals surface area (Å²) >= 11 is 0. The smallest absolute Gasteiger partial charge is 0.267 e. The Morgan fingerprint density at radius 1 is 1.14 bits per heavy atom. The molecule has 2 aromatic carbocycles. The third kappa shape index (κ3) is 3.99. The Hall–Kier alpha value is -2.49. The monoisotopic (exact) mass is 284 g/mol. The van der Waals surface area contributed by atoms with Crippen LogP contribution in [0.4, 0.5) is 4.39 Å². The lowest BCUT2D eigenvalue weighted by atomic mass is 10.1. The van der Waals surface area contributed by atoms with Crippen LogP contribution in [-0.2, 0) is 6.42 Å². The van der Waals surface area contributed by atoms with Crippen molar-refractivity contribution < 1.29 is 9.18 Å². The summed E-state index contributed by atoms with van der Waals surface area (Å²) in [6, 6.07) is 13.5. The molecule has 2 aromatic rings. The minimum atomic E-state index is -0.446. The minimum Gasteiger partial charge on any atom is -0.267 e. The van der Waals surface area contributed by atoms with Crippen molar-refractivity contribution in [2.75, 3.05) is 0 Å². The Morgan fingerprint density at radius 2 is 1.86 bits per heavy atom. The van der Waals surface area contributed by atoms with Gasteiger partial charge in [-0.2, -0.15) is 5.10 Å². The second kappa shape index (κ2) is 6.79. The van der Waals surface area contributed by atoms with Gasteiger partial charge in [0.1, 0.15) is 5.82 Å². The molecule has 0 heterocycles. The van der Waals surface area contributed by atoms with E-state index in [0.717, 1.165) is 12.0 Å². The highest BCUT2D eigenvalue weighted by Gasteiger charge is 2.05. The zero-order chi connectivity index (χ0) is 15.2. The molecule has 0 aliphatic carbocycles. The number of amides is 1. The quantitative estimate of drug-likeness (QED) is 0.677. The van der Waals surface area contributed by atoms with Crippen LogP contribution < -0.4 is 5.43 Å². The fraction of sp³-hybridized carbons (Fsp3) is 0.176. The van der Waals surface area contributed by atoms with Crippen molar-refractivity contribution in [1.29, 1.82) is 0 Å². The summed E-state index contributed by atoms with van der Waals surface area (Å²) in [5.41, 5.74) is 5.56. The number of hydrogen-bond donors (Lipinski definition) is 1. The first kappa shape index (κ1) is 14.9. The largest absolute Gasteiger partial charge is 0.271 e. The zero-order valence-corrected chi connectivity index (χ0v) is 12.1. The van der Waals surface area contributed by atoms with Gasteiger partial charge < -0.3 is 0 Å². The van der Waals surface area contributed by atoms with Crippen LogP contribution in [0.5, 0.6) is 0 Å². The van der Waals surface area contributed by atoms with Gasteiger partial charge in [-0.25, -0.2) is 9.82 Å². The zero-order valence-electron chi connectivity index (χ0n) is 12.1. The molecule has 108 valence electrons. The molecule has 21 heavy (non-hydrogen) atoms. The van der Waals surface area contributed by atoms with Gasteiger partial charge in [0.15, 0.2) is 0 Å². The molecule has 1 amide bonds. The number of aryl methyl sites for hydroxylation is 1. The van der Waals surface area contributed by atoms with E-state index in [-0.39, 0.29) is 5.56 Å². The van der Waals surface area contributed by atoms with Crippen molar-refractivity contribution in [3.05, 3.63) is 71.0 Å². The first-order valence-electron chi connectivity index (χ1n) is 6.79. The summed E-state index contributed by atoms with van der Waals surface area (Å²) in [6.07, 6.45) is 0.979. The van der Waals surface area contributed by atoms with E-state index >= 15 is 0 Å². The van der Waals surface area contributed by atoms with Crippen LogP contribution in [0, 0.1) is 5.82 Å². The van der Waals surface area contributed by atoms with Gasteiger partial charge in [-0.05, 0) is 42.7 Å². The van der Waals surface area contributed by atoms with Crippen LogP contribution in [0.15, 0.2) is 53.6 Å². The average Bonchev–Trinajstić information content (AvgIpc) is 2.52. The van der Waals surface area contributed by atoms with E-state index < -0.39 is 11.7 Å². The molecule has 0 spiro atoms. The van der Waals surface area contributed by atoms with E-state index in [1.807, 2.05) is 31.2 Å². The van der Waals surface area contributed by atoms with Crippen molar-refractivity contribution in [2.24, 2.45) is 5.10 Å². The molecule has 0 aromatic heterocycles. The van der Waals surface area contributed by atoms with E-state index in [2.05, 4.69) is 17.5 Å². The molecule has 3 nitrogen and oxygen atoms in total. The van der Waals surface area contributed by atoms with Gasteiger partial charge in [-0.1, -0.05) is 37.3 Å². The van der Waals surface area contributed by atoms with Gasteiger partial charge in [-0.3, -0.25) is 4.79 Å². The molecule has 0 saturated carbocycles. The predicted octanol–water partition coefficient (Wildman–Crippen LogP) is 3.54. The fourth-order valence-electron chi connectivity index (χ4n) is 1.88. The van der Waals surface area contributed by atoms with Gasteiger partial charge in [0.2, 0.25) is 0 Å². The van der Waals surface area contributed by atoms with Crippen molar-refractivity contribution in [2.45, 2.75) is 20.3 Å². The van der Waals surface area contributed by atoms with Crippen LogP contribution in [0.3, 0.4) is 0 Å². The van der Waals surface area contributed by atoms with Crippen LogP contribution in [-0.4, -0.2) is 11.6 Å². The molecule has 0 aliphatic rings. The lowest BCUT2D eigenvalue weighted by molar-refractivity contribution is 0.0954. The van der Waals surface area contributed by atoms with E-state index in [1.54, 1.807) is 6.07 Å². The number of halogens is 1. The number of nitrogens with zero attached hydrogens (tertiary/aromatic N) is 1. The molecule has 0 bridgehead atoms. The van der Waals surface area contributed by atoms with Crippen LogP contribution in [0.1, 0.15) is 35.3 Å². The van der Waals surface area contributed by atoms with Crippen LogP contribution >= 0.6 is 0 Å².